The van der Waals surface area contributed by atoms with Crippen molar-refractivity contribution in [1.82, 2.24) is 0 Å². The van der Waals surface area contributed by atoms with E-state index in [4.69, 9.17) is 4.74 Å². The smallest absolute Gasteiger partial charge is 0.314 e. The van der Waals surface area contributed by atoms with Crippen molar-refractivity contribution in [3.63, 3.8) is 0 Å². The number of esters is 1. The number of hydrogen-bond acceptors (Lipinski definition) is 5. The van der Waals surface area contributed by atoms with Crippen LogP contribution in [0, 0.1) is 5.92 Å². The lowest BCUT2D eigenvalue weighted by Gasteiger charge is -2.34. The summed E-state index contributed by atoms with van der Waals surface area (Å²) in [6.07, 6.45) is -2.87. The van der Waals surface area contributed by atoms with Gasteiger partial charge in [-0.2, -0.15) is 0 Å². The highest BCUT2D eigenvalue weighted by Gasteiger charge is 2.43. The van der Waals surface area contributed by atoms with Crippen molar-refractivity contribution in [2.45, 2.75) is 31.8 Å². The SMILES string of the molecule is CCC1C(=O)OC(OC)C(O)C1O. The molecule has 76 valence electrons. The van der Waals surface area contributed by atoms with Gasteiger partial charge in [0, 0.05) is 7.11 Å². The van der Waals surface area contributed by atoms with Gasteiger partial charge in [0.25, 0.3) is 0 Å². The predicted molar refractivity (Wildman–Crippen MR) is 42.7 cm³/mol. The number of carbonyl (C=O) groups is 1. The van der Waals surface area contributed by atoms with E-state index in [1.807, 2.05) is 0 Å². The number of methoxy groups -OCH3 is 1. The molecule has 1 heterocycles. The molecule has 1 saturated heterocycles. The van der Waals surface area contributed by atoms with E-state index in [0.717, 1.165) is 0 Å². The summed E-state index contributed by atoms with van der Waals surface area (Å²) in [4.78, 5) is 11.2. The Labute approximate surface area is 76.3 Å². The van der Waals surface area contributed by atoms with Gasteiger partial charge in [-0.1, -0.05) is 6.92 Å². The molecule has 0 radical (unpaired) electrons. The molecule has 0 amide bonds. The molecule has 1 rings (SSSR count). The van der Waals surface area contributed by atoms with Crippen LogP contribution in [-0.4, -0.2) is 41.8 Å². The van der Waals surface area contributed by atoms with E-state index < -0.39 is 30.4 Å². The van der Waals surface area contributed by atoms with Crippen LogP contribution in [0.4, 0.5) is 0 Å². The summed E-state index contributed by atoms with van der Waals surface area (Å²) in [5.74, 6) is -1.17. The summed E-state index contributed by atoms with van der Waals surface area (Å²) in [5.41, 5.74) is 0. The first kappa shape index (κ1) is 10.4. The summed E-state index contributed by atoms with van der Waals surface area (Å²) in [6, 6.07) is 0. The highest BCUT2D eigenvalue weighted by atomic mass is 16.7. The van der Waals surface area contributed by atoms with Crippen LogP contribution in [-0.2, 0) is 14.3 Å². The lowest BCUT2D eigenvalue weighted by atomic mass is 9.93. The Balaban J connectivity index is 2.72. The lowest BCUT2D eigenvalue weighted by Crippen LogP contribution is -2.52. The van der Waals surface area contributed by atoms with Gasteiger partial charge < -0.3 is 19.7 Å². The third kappa shape index (κ3) is 1.82. The first-order valence-electron chi connectivity index (χ1n) is 4.21. The maximum absolute atomic E-state index is 11.2. The molecule has 0 aromatic carbocycles. The van der Waals surface area contributed by atoms with Gasteiger partial charge >= 0.3 is 5.97 Å². The number of rotatable bonds is 2. The Morgan fingerprint density at radius 2 is 2.08 bits per heavy atom. The Morgan fingerprint density at radius 1 is 1.46 bits per heavy atom. The van der Waals surface area contributed by atoms with Crippen molar-refractivity contribution in [1.29, 1.82) is 0 Å². The number of aliphatic hydroxyl groups is 2. The molecule has 0 bridgehead atoms. The van der Waals surface area contributed by atoms with Gasteiger partial charge in [0.05, 0.1) is 12.0 Å². The van der Waals surface area contributed by atoms with Gasteiger partial charge in [-0.3, -0.25) is 4.79 Å². The van der Waals surface area contributed by atoms with E-state index in [2.05, 4.69) is 4.74 Å². The molecule has 1 fully saturated rings. The van der Waals surface area contributed by atoms with Gasteiger partial charge in [0.15, 0.2) is 0 Å². The Kier molecular flexibility index (Phi) is 3.24. The predicted octanol–water partition coefficient (Wildman–Crippen LogP) is -0.736. The van der Waals surface area contributed by atoms with Crippen molar-refractivity contribution < 1.29 is 24.5 Å². The van der Waals surface area contributed by atoms with E-state index in [0.29, 0.717) is 6.42 Å². The van der Waals surface area contributed by atoms with Gasteiger partial charge in [0.1, 0.15) is 6.10 Å². The van der Waals surface area contributed by atoms with Crippen molar-refractivity contribution in [3.05, 3.63) is 0 Å². The second kappa shape index (κ2) is 4.04. The molecule has 0 aromatic rings. The largest absolute Gasteiger partial charge is 0.432 e. The quantitative estimate of drug-likeness (QED) is 0.561. The highest BCUT2D eigenvalue weighted by molar-refractivity contribution is 5.74. The fraction of sp³-hybridized carbons (Fsp3) is 0.875. The van der Waals surface area contributed by atoms with E-state index in [9.17, 15) is 15.0 Å². The molecule has 5 heteroatoms. The van der Waals surface area contributed by atoms with Crippen LogP contribution in [0.5, 0.6) is 0 Å². The molecular formula is C8H14O5. The summed E-state index contributed by atoms with van der Waals surface area (Å²) in [7, 11) is 1.31. The van der Waals surface area contributed by atoms with Crippen LogP contribution in [0.25, 0.3) is 0 Å². The number of carbonyl (C=O) groups excluding carboxylic acids is 1. The van der Waals surface area contributed by atoms with Crippen LogP contribution < -0.4 is 0 Å². The van der Waals surface area contributed by atoms with Gasteiger partial charge in [-0.15, -0.1) is 0 Å². The first-order chi connectivity index (χ1) is 6.11. The summed E-state index contributed by atoms with van der Waals surface area (Å²) in [6.45, 7) is 1.75. The van der Waals surface area contributed by atoms with Gasteiger partial charge in [-0.25, -0.2) is 0 Å². The van der Waals surface area contributed by atoms with E-state index in [-0.39, 0.29) is 0 Å². The van der Waals surface area contributed by atoms with Crippen molar-refractivity contribution in [3.8, 4) is 0 Å². The zero-order chi connectivity index (χ0) is 10.0. The molecule has 2 N–H and O–H groups in total. The summed E-state index contributed by atoms with van der Waals surface area (Å²) < 4.78 is 9.43. The molecule has 0 aliphatic carbocycles. The topological polar surface area (TPSA) is 76.0 Å². The zero-order valence-corrected chi connectivity index (χ0v) is 7.64. The molecule has 5 nitrogen and oxygen atoms in total. The molecule has 0 spiro atoms. The Hall–Kier alpha value is -0.650. The molecule has 13 heavy (non-hydrogen) atoms. The van der Waals surface area contributed by atoms with Crippen LogP contribution in [0.1, 0.15) is 13.3 Å². The van der Waals surface area contributed by atoms with Gasteiger partial charge in [0.2, 0.25) is 6.29 Å². The molecule has 1 aliphatic heterocycles. The molecule has 4 atom stereocenters. The number of aliphatic hydroxyl groups excluding tert-OH is 2. The van der Waals surface area contributed by atoms with Gasteiger partial charge in [-0.05, 0) is 6.42 Å². The fourth-order valence-corrected chi connectivity index (χ4v) is 1.41. The molecule has 4 unspecified atom stereocenters. The lowest BCUT2D eigenvalue weighted by molar-refractivity contribution is -0.241. The molecule has 0 aromatic heterocycles. The Morgan fingerprint density at radius 3 is 2.54 bits per heavy atom. The summed E-state index contributed by atoms with van der Waals surface area (Å²) in [5, 5.41) is 18.9. The number of hydrogen-bond donors (Lipinski definition) is 2. The summed E-state index contributed by atoms with van der Waals surface area (Å²) >= 11 is 0. The van der Waals surface area contributed by atoms with Crippen molar-refractivity contribution >= 4 is 5.97 Å². The zero-order valence-electron chi connectivity index (χ0n) is 7.64. The monoisotopic (exact) mass is 190 g/mol. The first-order valence-corrected chi connectivity index (χ1v) is 4.21. The second-order valence-corrected chi connectivity index (χ2v) is 3.04. The standard InChI is InChI=1S/C8H14O5/c1-3-4-5(9)6(10)8(12-2)13-7(4)11/h4-6,8-10H,3H2,1-2H3. The Bertz CT molecular complexity index is 193. The number of cyclic esters (lactones) is 1. The van der Waals surface area contributed by atoms with Crippen LogP contribution in [0.2, 0.25) is 0 Å². The third-order valence-corrected chi connectivity index (χ3v) is 2.25. The highest BCUT2D eigenvalue weighted by Crippen LogP contribution is 2.24. The fourth-order valence-electron chi connectivity index (χ4n) is 1.41. The number of ether oxygens (including phenoxy) is 2. The second-order valence-electron chi connectivity index (χ2n) is 3.04. The van der Waals surface area contributed by atoms with E-state index in [1.54, 1.807) is 6.92 Å². The molecular weight excluding hydrogens is 176 g/mol. The van der Waals surface area contributed by atoms with Crippen molar-refractivity contribution in [2.24, 2.45) is 5.92 Å². The van der Waals surface area contributed by atoms with Crippen LogP contribution in [0.3, 0.4) is 0 Å². The normalized spacial score (nSPS) is 40.2. The van der Waals surface area contributed by atoms with Crippen LogP contribution in [0.15, 0.2) is 0 Å². The minimum Gasteiger partial charge on any atom is -0.432 e. The average molecular weight is 190 g/mol. The average Bonchev–Trinajstić information content (AvgIpc) is 2.12. The van der Waals surface area contributed by atoms with E-state index >= 15 is 0 Å². The third-order valence-electron chi connectivity index (χ3n) is 2.25. The molecule has 0 saturated carbocycles. The van der Waals surface area contributed by atoms with Crippen molar-refractivity contribution in [2.75, 3.05) is 7.11 Å². The maximum atomic E-state index is 11.2. The van der Waals surface area contributed by atoms with Crippen LogP contribution >= 0.6 is 0 Å². The maximum Gasteiger partial charge on any atom is 0.314 e. The van der Waals surface area contributed by atoms with E-state index in [1.165, 1.54) is 7.11 Å². The molecule has 1 aliphatic rings. The minimum absolute atomic E-state index is 0.438. The minimum atomic E-state index is -1.16.